The summed E-state index contributed by atoms with van der Waals surface area (Å²) in [5.74, 6) is -0.0365. The predicted octanol–water partition coefficient (Wildman–Crippen LogP) is 17.5. The minimum atomic E-state index is -0.761. The number of carbonyl (C=O) groups excluding carboxylic acids is 3. The van der Waals surface area contributed by atoms with Crippen LogP contribution >= 0.6 is 0 Å². The molecule has 1 unspecified atom stereocenters. The molecule has 0 rings (SSSR count). The maximum Gasteiger partial charge on any atom is 0.306 e. The Hall–Kier alpha value is -1.59. The van der Waals surface area contributed by atoms with Crippen molar-refractivity contribution >= 4 is 17.9 Å². The third-order valence-electron chi connectivity index (χ3n) is 12.7. The molecule has 0 saturated heterocycles. The van der Waals surface area contributed by atoms with E-state index in [1.165, 1.54) is 199 Å². The SMILES string of the molecule is CCCCCCCCCCCCCCCCCCCCCC(=O)OC[C@H](COC(=O)CCCCCCCCCCCCCCC)OC(=O)CCCCCCCCC(C)CC. The van der Waals surface area contributed by atoms with E-state index in [4.69, 9.17) is 14.2 Å². The Morgan fingerprint density at radius 2 is 0.583 bits per heavy atom. The Bertz CT molecular complexity index is 905. The molecule has 0 N–H and O–H groups in total. The Balaban J connectivity index is 4.22. The van der Waals surface area contributed by atoms with E-state index in [1.807, 2.05) is 0 Å². The minimum Gasteiger partial charge on any atom is -0.462 e. The van der Waals surface area contributed by atoms with Gasteiger partial charge in [-0.3, -0.25) is 14.4 Å². The van der Waals surface area contributed by atoms with Gasteiger partial charge in [0.25, 0.3) is 0 Å². The molecule has 0 aliphatic rings. The van der Waals surface area contributed by atoms with E-state index in [0.717, 1.165) is 63.7 Å². The maximum atomic E-state index is 12.8. The van der Waals surface area contributed by atoms with E-state index in [2.05, 4.69) is 27.7 Å². The van der Waals surface area contributed by atoms with E-state index in [0.29, 0.717) is 19.3 Å². The molecular formula is C54H104O6. The first-order chi connectivity index (χ1) is 29.4. The first-order valence-corrected chi connectivity index (χ1v) is 26.9. The van der Waals surface area contributed by atoms with Gasteiger partial charge in [0.15, 0.2) is 6.10 Å². The highest BCUT2D eigenvalue weighted by molar-refractivity contribution is 5.71. The summed E-state index contributed by atoms with van der Waals surface area (Å²) in [6.07, 6.45) is 51.0. The van der Waals surface area contributed by atoms with Crippen molar-refractivity contribution in [2.24, 2.45) is 5.92 Å². The smallest absolute Gasteiger partial charge is 0.306 e. The number of rotatable bonds is 49. The number of hydrogen-bond acceptors (Lipinski definition) is 6. The zero-order valence-corrected chi connectivity index (χ0v) is 40.9. The van der Waals surface area contributed by atoms with Crippen LogP contribution in [0.2, 0.25) is 0 Å². The fraction of sp³-hybridized carbons (Fsp3) is 0.944. The second-order valence-electron chi connectivity index (χ2n) is 18.8. The lowest BCUT2D eigenvalue weighted by Gasteiger charge is -2.18. The summed E-state index contributed by atoms with van der Waals surface area (Å²) < 4.78 is 16.8. The third kappa shape index (κ3) is 45.9. The van der Waals surface area contributed by atoms with Gasteiger partial charge < -0.3 is 14.2 Å². The molecule has 0 amide bonds. The molecule has 356 valence electrons. The molecular weight excluding hydrogens is 745 g/mol. The molecule has 6 heteroatoms. The van der Waals surface area contributed by atoms with Crippen LogP contribution < -0.4 is 0 Å². The molecule has 0 radical (unpaired) electrons. The summed E-state index contributed by atoms with van der Waals surface area (Å²) in [6.45, 7) is 9.00. The van der Waals surface area contributed by atoms with E-state index in [1.54, 1.807) is 0 Å². The van der Waals surface area contributed by atoms with Crippen LogP contribution in [0.3, 0.4) is 0 Å². The lowest BCUT2D eigenvalue weighted by Crippen LogP contribution is -2.30. The topological polar surface area (TPSA) is 78.9 Å². The van der Waals surface area contributed by atoms with Crippen molar-refractivity contribution < 1.29 is 28.6 Å². The zero-order chi connectivity index (χ0) is 43.8. The molecule has 0 bridgehead atoms. The van der Waals surface area contributed by atoms with Gasteiger partial charge in [-0.25, -0.2) is 0 Å². The molecule has 6 nitrogen and oxygen atoms in total. The van der Waals surface area contributed by atoms with Crippen molar-refractivity contribution in [2.75, 3.05) is 13.2 Å². The maximum absolute atomic E-state index is 12.8. The van der Waals surface area contributed by atoms with Crippen LogP contribution in [0.15, 0.2) is 0 Å². The monoisotopic (exact) mass is 849 g/mol. The highest BCUT2D eigenvalue weighted by Crippen LogP contribution is 2.18. The second kappa shape index (κ2) is 48.4. The van der Waals surface area contributed by atoms with Gasteiger partial charge in [-0.2, -0.15) is 0 Å². The van der Waals surface area contributed by atoms with Crippen LogP contribution in [0.1, 0.15) is 304 Å². The first-order valence-electron chi connectivity index (χ1n) is 26.9. The molecule has 0 heterocycles. The van der Waals surface area contributed by atoms with Crippen LogP contribution in [0.25, 0.3) is 0 Å². The Morgan fingerprint density at radius 1 is 0.333 bits per heavy atom. The van der Waals surface area contributed by atoms with Gasteiger partial charge in [-0.1, -0.05) is 265 Å². The first kappa shape index (κ1) is 58.4. The minimum absolute atomic E-state index is 0.0636. The normalized spacial score (nSPS) is 12.4. The standard InChI is InChI=1S/C54H104O6/c1-5-8-10-12-14-16-18-20-21-22-23-24-25-27-29-31-33-38-42-46-53(56)59-49-51(60-54(57)47-43-39-35-34-36-40-44-50(4)7-3)48-58-52(55)45-41-37-32-30-28-26-19-17-15-13-11-9-6-2/h50-51H,5-49H2,1-4H3/t50?,51-/m0/s1. The summed E-state index contributed by atoms with van der Waals surface area (Å²) in [5, 5.41) is 0. The predicted molar refractivity (Wildman–Crippen MR) is 257 cm³/mol. The van der Waals surface area contributed by atoms with Gasteiger partial charge in [0.2, 0.25) is 0 Å². The van der Waals surface area contributed by atoms with Crippen molar-refractivity contribution in [1.29, 1.82) is 0 Å². The van der Waals surface area contributed by atoms with Gasteiger partial charge in [0, 0.05) is 19.3 Å². The number of hydrogen-bond donors (Lipinski definition) is 0. The van der Waals surface area contributed by atoms with Gasteiger partial charge in [0.05, 0.1) is 0 Å². The summed E-state index contributed by atoms with van der Waals surface area (Å²) in [6, 6.07) is 0. The molecule has 0 aromatic heterocycles. The lowest BCUT2D eigenvalue weighted by atomic mass is 10.00. The molecule has 0 fully saturated rings. The number of esters is 3. The molecule has 0 aliphatic heterocycles. The summed E-state index contributed by atoms with van der Waals surface area (Å²) in [7, 11) is 0. The quantitative estimate of drug-likeness (QED) is 0.0345. The van der Waals surface area contributed by atoms with Crippen LogP contribution in [-0.2, 0) is 28.6 Å². The number of ether oxygens (including phenoxy) is 3. The van der Waals surface area contributed by atoms with E-state index in [9.17, 15) is 14.4 Å². The van der Waals surface area contributed by atoms with Crippen molar-refractivity contribution in [3.05, 3.63) is 0 Å². The summed E-state index contributed by atoms with van der Waals surface area (Å²) in [5.41, 5.74) is 0. The Labute approximate surface area is 374 Å². The van der Waals surface area contributed by atoms with E-state index >= 15 is 0 Å². The highest BCUT2D eigenvalue weighted by atomic mass is 16.6. The summed E-state index contributed by atoms with van der Waals surface area (Å²) in [4.78, 5) is 37.9. The lowest BCUT2D eigenvalue weighted by molar-refractivity contribution is -0.167. The molecule has 0 aromatic rings. The molecule has 0 spiro atoms. The van der Waals surface area contributed by atoms with Crippen LogP contribution in [0, 0.1) is 5.92 Å². The van der Waals surface area contributed by atoms with Gasteiger partial charge >= 0.3 is 17.9 Å². The van der Waals surface area contributed by atoms with Crippen molar-refractivity contribution in [1.82, 2.24) is 0 Å². The van der Waals surface area contributed by atoms with Gasteiger partial charge in [-0.15, -0.1) is 0 Å². The van der Waals surface area contributed by atoms with Gasteiger partial charge in [-0.05, 0) is 25.2 Å². The van der Waals surface area contributed by atoms with Crippen LogP contribution in [0.5, 0.6) is 0 Å². The second-order valence-corrected chi connectivity index (χ2v) is 18.8. The molecule has 0 aliphatic carbocycles. The number of unbranched alkanes of at least 4 members (excludes halogenated alkanes) is 35. The van der Waals surface area contributed by atoms with E-state index in [-0.39, 0.29) is 31.1 Å². The fourth-order valence-electron chi connectivity index (χ4n) is 8.19. The molecule has 0 aromatic carbocycles. The fourth-order valence-corrected chi connectivity index (χ4v) is 8.19. The summed E-state index contributed by atoms with van der Waals surface area (Å²) >= 11 is 0. The van der Waals surface area contributed by atoms with Crippen LogP contribution in [0.4, 0.5) is 0 Å². The molecule has 60 heavy (non-hydrogen) atoms. The molecule has 0 saturated carbocycles. The Kier molecular flexibility index (Phi) is 47.2. The van der Waals surface area contributed by atoms with Crippen molar-refractivity contribution in [3.63, 3.8) is 0 Å². The van der Waals surface area contributed by atoms with Crippen molar-refractivity contribution in [3.8, 4) is 0 Å². The Morgan fingerprint density at radius 3 is 0.867 bits per heavy atom. The number of carbonyl (C=O) groups is 3. The zero-order valence-electron chi connectivity index (χ0n) is 40.9. The average molecular weight is 849 g/mol. The average Bonchev–Trinajstić information content (AvgIpc) is 3.25. The highest BCUT2D eigenvalue weighted by Gasteiger charge is 2.19. The van der Waals surface area contributed by atoms with Crippen molar-refractivity contribution in [2.45, 2.75) is 310 Å². The van der Waals surface area contributed by atoms with Crippen LogP contribution in [-0.4, -0.2) is 37.2 Å². The molecule has 2 atom stereocenters. The van der Waals surface area contributed by atoms with Gasteiger partial charge in [0.1, 0.15) is 13.2 Å². The van der Waals surface area contributed by atoms with E-state index < -0.39 is 6.10 Å². The largest absolute Gasteiger partial charge is 0.462 e. The third-order valence-corrected chi connectivity index (χ3v) is 12.7.